The van der Waals surface area contributed by atoms with E-state index in [4.69, 9.17) is 0 Å². The highest BCUT2D eigenvalue weighted by Crippen LogP contribution is 2.29. The van der Waals surface area contributed by atoms with Gasteiger partial charge in [0.25, 0.3) is 0 Å². The molecule has 0 heterocycles. The number of hydrogen-bond donors (Lipinski definition) is 0. The van der Waals surface area contributed by atoms with E-state index >= 15 is 0 Å². The Balaban J connectivity index is 1.57. The van der Waals surface area contributed by atoms with Crippen LogP contribution in [-0.2, 0) is 25.7 Å². The molecule has 171 valence electrons. The van der Waals surface area contributed by atoms with Crippen LogP contribution in [0.4, 0.5) is 13.2 Å². The minimum atomic E-state index is -4.30. The quantitative estimate of drug-likeness (QED) is 0.251. The van der Waals surface area contributed by atoms with Crippen molar-refractivity contribution in [2.45, 2.75) is 52.4 Å². The van der Waals surface area contributed by atoms with E-state index in [2.05, 4.69) is 67.0 Å². The molecule has 0 atom stereocenters. The lowest BCUT2D eigenvalue weighted by atomic mass is 10.1. The SMILES string of the molecule is CCCCc1ccc(C#Cc2ccc(C[N+](CC)Cc3ccc(C(F)(F)F)cc3)cc2)cc1. The molecule has 1 radical (unpaired) electrons. The first-order valence-corrected chi connectivity index (χ1v) is 11.5. The van der Waals surface area contributed by atoms with Crippen LogP contribution in [0.1, 0.15) is 60.1 Å². The van der Waals surface area contributed by atoms with Crippen LogP contribution in [0.15, 0.2) is 72.8 Å². The summed E-state index contributed by atoms with van der Waals surface area (Å²) in [5, 5.41) is 0. The van der Waals surface area contributed by atoms with Gasteiger partial charge in [0, 0.05) is 22.3 Å². The Labute approximate surface area is 195 Å². The number of alkyl halides is 3. The third kappa shape index (κ3) is 7.80. The molecule has 0 bridgehead atoms. The largest absolute Gasteiger partial charge is 0.416 e. The van der Waals surface area contributed by atoms with Crippen LogP contribution in [0.2, 0.25) is 0 Å². The molecule has 0 spiro atoms. The van der Waals surface area contributed by atoms with Crippen molar-refractivity contribution < 1.29 is 13.2 Å². The number of aryl methyl sites for hydroxylation is 1. The van der Waals surface area contributed by atoms with Gasteiger partial charge in [-0.15, -0.1) is 0 Å². The lowest BCUT2D eigenvalue weighted by molar-refractivity contribution is -0.137. The first kappa shape index (κ1) is 24.6. The predicted molar refractivity (Wildman–Crippen MR) is 129 cm³/mol. The van der Waals surface area contributed by atoms with Crippen LogP contribution in [-0.4, -0.2) is 6.54 Å². The lowest BCUT2D eigenvalue weighted by Gasteiger charge is -2.12. The van der Waals surface area contributed by atoms with Crippen molar-refractivity contribution in [3.63, 3.8) is 0 Å². The number of benzene rings is 3. The molecular formula is C29H30F3N+. The van der Waals surface area contributed by atoms with Crippen LogP contribution < -0.4 is 4.90 Å². The molecule has 0 aliphatic rings. The summed E-state index contributed by atoms with van der Waals surface area (Å²) < 4.78 is 38.3. The second-order valence-electron chi connectivity index (χ2n) is 8.25. The fourth-order valence-electron chi connectivity index (χ4n) is 3.57. The molecule has 0 saturated carbocycles. The summed E-state index contributed by atoms with van der Waals surface area (Å²) in [4.78, 5) is 2.20. The van der Waals surface area contributed by atoms with Gasteiger partial charge in [-0.3, -0.25) is 0 Å². The van der Waals surface area contributed by atoms with Gasteiger partial charge >= 0.3 is 6.18 Å². The molecule has 33 heavy (non-hydrogen) atoms. The Morgan fingerprint density at radius 3 is 1.55 bits per heavy atom. The van der Waals surface area contributed by atoms with Crippen molar-refractivity contribution >= 4 is 0 Å². The van der Waals surface area contributed by atoms with E-state index in [1.807, 2.05) is 12.1 Å². The van der Waals surface area contributed by atoms with E-state index in [0.29, 0.717) is 6.54 Å². The summed E-state index contributed by atoms with van der Waals surface area (Å²) in [6.07, 6.45) is -0.787. The van der Waals surface area contributed by atoms with Crippen LogP contribution in [0.25, 0.3) is 0 Å². The predicted octanol–water partition coefficient (Wildman–Crippen LogP) is 7.31. The van der Waals surface area contributed by atoms with Gasteiger partial charge in [0.1, 0.15) is 19.6 Å². The molecule has 0 saturated heterocycles. The van der Waals surface area contributed by atoms with E-state index in [0.717, 1.165) is 53.9 Å². The molecule has 0 fully saturated rings. The Kier molecular flexibility index (Phi) is 8.74. The molecule has 3 aromatic carbocycles. The maximum atomic E-state index is 12.8. The summed E-state index contributed by atoms with van der Waals surface area (Å²) in [5.74, 6) is 6.44. The molecule has 0 unspecified atom stereocenters. The number of halogens is 3. The van der Waals surface area contributed by atoms with Crippen LogP contribution in [0.5, 0.6) is 0 Å². The molecule has 4 heteroatoms. The molecule has 0 aliphatic heterocycles. The van der Waals surface area contributed by atoms with Gasteiger partial charge in [-0.1, -0.05) is 61.6 Å². The zero-order valence-electron chi connectivity index (χ0n) is 19.3. The van der Waals surface area contributed by atoms with Gasteiger partial charge in [0.2, 0.25) is 0 Å². The van der Waals surface area contributed by atoms with Crippen LogP contribution in [0.3, 0.4) is 0 Å². The van der Waals surface area contributed by atoms with Crippen molar-refractivity contribution in [3.05, 3.63) is 106 Å². The minimum absolute atomic E-state index is 0.602. The standard InChI is InChI=1S/C29H30F3N/c1-3-5-6-23-7-9-24(10-8-23)11-12-25-13-15-26(16-14-25)21-33(4-2)22-27-17-19-28(20-18-27)29(30,31)32/h7-10,13-20H,3-6,21-22H2,1-2H3/q+1. The van der Waals surface area contributed by atoms with E-state index in [1.54, 1.807) is 12.1 Å². The minimum Gasteiger partial charge on any atom is -0.166 e. The molecule has 1 nitrogen and oxygen atoms in total. The molecule has 0 aromatic heterocycles. The van der Waals surface area contributed by atoms with Crippen LogP contribution >= 0.6 is 0 Å². The molecular weight excluding hydrogens is 419 g/mol. The normalized spacial score (nSPS) is 11.3. The van der Waals surface area contributed by atoms with Gasteiger partial charge in [-0.05, 0) is 61.7 Å². The topological polar surface area (TPSA) is 5.90 Å². The van der Waals surface area contributed by atoms with Gasteiger partial charge in [-0.2, -0.15) is 18.1 Å². The van der Waals surface area contributed by atoms with Gasteiger partial charge in [-0.25, -0.2) is 0 Å². The van der Waals surface area contributed by atoms with Crippen molar-refractivity contribution in [2.24, 2.45) is 0 Å². The zero-order valence-corrected chi connectivity index (χ0v) is 19.3. The number of unbranched alkanes of at least 4 members (excludes halogenated alkanes) is 1. The van der Waals surface area contributed by atoms with E-state index in [9.17, 15) is 13.2 Å². The third-order valence-corrected chi connectivity index (χ3v) is 5.62. The van der Waals surface area contributed by atoms with E-state index in [-0.39, 0.29) is 0 Å². The average molecular weight is 450 g/mol. The number of nitrogens with zero attached hydrogens (tertiary/aromatic N) is 1. The van der Waals surface area contributed by atoms with Crippen molar-refractivity contribution in [2.75, 3.05) is 6.54 Å². The lowest BCUT2D eigenvalue weighted by Crippen LogP contribution is -2.28. The monoisotopic (exact) mass is 449 g/mol. The Bertz CT molecular complexity index is 1050. The second-order valence-corrected chi connectivity index (χ2v) is 8.25. The Morgan fingerprint density at radius 2 is 1.12 bits per heavy atom. The fourth-order valence-corrected chi connectivity index (χ4v) is 3.57. The summed E-state index contributed by atoms with van der Waals surface area (Å²) in [6.45, 7) is 6.38. The third-order valence-electron chi connectivity index (χ3n) is 5.62. The molecule has 0 N–H and O–H groups in total. The number of rotatable bonds is 8. The molecule has 3 aromatic rings. The summed E-state index contributed by atoms with van der Waals surface area (Å²) in [7, 11) is 0. The van der Waals surface area contributed by atoms with Crippen LogP contribution in [0, 0.1) is 11.8 Å². The summed E-state index contributed by atoms with van der Waals surface area (Å²) in [6, 6.07) is 22.0. The average Bonchev–Trinajstić information content (AvgIpc) is 2.82. The van der Waals surface area contributed by atoms with E-state index in [1.165, 1.54) is 18.4 Å². The van der Waals surface area contributed by atoms with Gasteiger partial charge in [0.15, 0.2) is 0 Å². The molecule has 0 amide bonds. The zero-order chi connectivity index (χ0) is 23.7. The van der Waals surface area contributed by atoms with Crippen molar-refractivity contribution in [3.8, 4) is 11.8 Å². The summed E-state index contributed by atoms with van der Waals surface area (Å²) in [5.41, 5.74) is 4.72. The fraction of sp³-hybridized carbons (Fsp3) is 0.310. The van der Waals surface area contributed by atoms with Crippen molar-refractivity contribution in [1.82, 2.24) is 4.90 Å². The highest BCUT2D eigenvalue weighted by atomic mass is 19.4. The van der Waals surface area contributed by atoms with Gasteiger partial charge < -0.3 is 0 Å². The first-order valence-electron chi connectivity index (χ1n) is 11.5. The Hall–Kier alpha value is -3.03. The summed E-state index contributed by atoms with van der Waals surface area (Å²) >= 11 is 0. The highest BCUT2D eigenvalue weighted by molar-refractivity contribution is 5.44. The highest BCUT2D eigenvalue weighted by Gasteiger charge is 2.30. The Morgan fingerprint density at radius 1 is 0.667 bits per heavy atom. The number of hydrogen-bond acceptors (Lipinski definition) is 1. The maximum Gasteiger partial charge on any atom is 0.416 e. The second kappa shape index (κ2) is 11.7. The first-order chi connectivity index (χ1) is 15.9. The van der Waals surface area contributed by atoms with E-state index < -0.39 is 11.7 Å². The molecule has 0 aliphatic carbocycles. The van der Waals surface area contributed by atoms with Crippen molar-refractivity contribution in [1.29, 1.82) is 0 Å². The van der Waals surface area contributed by atoms with Gasteiger partial charge in [0.05, 0.1) is 5.56 Å². The smallest absolute Gasteiger partial charge is 0.166 e. The maximum absolute atomic E-state index is 12.8. The molecule has 3 rings (SSSR count).